The van der Waals surface area contributed by atoms with Crippen molar-refractivity contribution in [3.8, 4) is 17.2 Å². The van der Waals surface area contributed by atoms with Gasteiger partial charge in [0.1, 0.15) is 0 Å². The molecule has 0 aromatic heterocycles. The summed E-state index contributed by atoms with van der Waals surface area (Å²) in [7, 11) is 4.81. The summed E-state index contributed by atoms with van der Waals surface area (Å²) in [4.78, 5) is 0. The second-order valence-electron chi connectivity index (χ2n) is 4.84. The summed E-state index contributed by atoms with van der Waals surface area (Å²) in [5.74, 6) is 1.84. The monoisotopic (exact) mass is 287 g/mol. The second-order valence-corrected chi connectivity index (χ2v) is 4.84. The molecule has 4 nitrogen and oxygen atoms in total. The molecule has 0 unspecified atom stereocenters. The molecule has 0 amide bonds. The first kappa shape index (κ1) is 15.0. The lowest BCUT2D eigenvalue weighted by molar-refractivity contribution is 0.324. The number of ether oxygens (including phenoxy) is 3. The van der Waals surface area contributed by atoms with E-state index in [9.17, 15) is 0 Å². The molecule has 0 aliphatic heterocycles. The Morgan fingerprint density at radius 3 is 1.81 bits per heavy atom. The molecule has 0 fully saturated rings. The molecule has 0 aliphatic carbocycles. The highest BCUT2D eigenvalue weighted by Gasteiger charge is 2.13. The van der Waals surface area contributed by atoms with E-state index in [4.69, 9.17) is 14.2 Å². The highest BCUT2D eigenvalue weighted by Crippen LogP contribution is 2.40. The van der Waals surface area contributed by atoms with Crippen LogP contribution in [0.3, 0.4) is 0 Å². The second kappa shape index (κ2) is 6.39. The number of aryl methyl sites for hydroxylation is 2. The lowest BCUT2D eigenvalue weighted by Crippen LogP contribution is -1.98. The molecule has 0 aliphatic rings. The summed E-state index contributed by atoms with van der Waals surface area (Å²) in [6.45, 7) is 4.19. The lowest BCUT2D eigenvalue weighted by Gasteiger charge is -2.15. The molecule has 0 heterocycles. The maximum Gasteiger partial charge on any atom is 0.203 e. The van der Waals surface area contributed by atoms with Crippen LogP contribution in [0.25, 0.3) is 0 Å². The van der Waals surface area contributed by atoms with Gasteiger partial charge in [0.2, 0.25) is 5.75 Å². The molecule has 0 saturated carbocycles. The predicted molar refractivity (Wildman–Crippen MR) is 85.3 cm³/mol. The Morgan fingerprint density at radius 1 is 0.714 bits per heavy atom. The number of anilines is 2. The Kier molecular flexibility index (Phi) is 4.58. The quantitative estimate of drug-likeness (QED) is 0.899. The maximum absolute atomic E-state index is 5.35. The molecule has 2 rings (SSSR count). The van der Waals surface area contributed by atoms with Crippen molar-refractivity contribution < 1.29 is 14.2 Å². The number of rotatable bonds is 5. The topological polar surface area (TPSA) is 39.7 Å². The van der Waals surface area contributed by atoms with Gasteiger partial charge >= 0.3 is 0 Å². The third kappa shape index (κ3) is 3.21. The molecule has 2 aromatic carbocycles. The van der Waals surface area contributed by atoms with Crippen molar-refractivity contribution in [2.24, 2.45) is 0 Å². The summed E-state index contributed by atoms with van der Waals surface area (Å²) in [6, 6.07) is 10.0. The maximum atomic E-state index is 5.35. The number of benzene rings is 2. The molecule has 1 N–H and O–H groups in total. The van der Waals surface area contributed by atoms with Crippen LogP contribution in [-0.2, 0) is 0 Å². The first-order valence-electron chi connectivity index (χ1n) is 6.73. The highest BCUT2D eigenvalue weighted by molar-refractivity contribution is 5.68. The van der Waals surface area contributed by atoms with Crippen molar-refractivity contribution in [2.45, 2.75) is 13.8 Å². The SMILES string of the molecule is COc1cc(Nc2ccc(C)c(C)c2)cc(OC)c1OC. The van der Waals surface area contributed by atoms with Gasteiger partial charge in [-0.2, -0.15) is 0 Å². The molecule has 21 heavy (non-hydrogen) atoms. The van der Waals surface area contributed by atoms with E-state index in [0.29, 0.717) is 17.2 Å². The van der Waals surface area contributed by atoms with E-state index >= 15 is 0 Å². The fourth-order valence-corrected chi connectivity index (χ4v) is 2.14. The van der Waals surface area contributed by atoms with Crippen LogP contribution in [0.1, 0.15) is 11.1 Å². The molecule has 112 valence electrons. The van der Waals surface area contributed by atoms with Gasteiger partial charge in [-0.1, -0.05) is 6.07 Å². The van der Waals surface area contributed by atoms with E-state index < -0.39 is 0 Å². The van der Waals surface area contributed by atoms with Crippen LogP contribution in [0.15, 0.2) is 30.3 Å². The van der Waals surface area contributed by atoms with Gasteiger partial charge in [0.05, 0.1) is 21.3 Å². The van der Waals surface area contributed by atoms with Crippen molar-refractivity contribution in [2.75, 3.05) is 26.6 Å². The standard InChI is InChI=1S/C17H21NO3/c1-11-6-7-13(8-12(11)2)18-14-9-15(19-3)17(21-5)16(10-14)20-4/h6-10,18H,1-5H3. The first-order valence-corrected chi connectivity index (χ1v) is 6.73. The summed E-state index contributed by atoms with van der Waals surface area (Å²) < 4.78 is 16.0. The predicted octanol–water partition coefficient (Wildman–Crippen LogP) is 4.07. The Labute approximate surface area is 125 Å². The van der Waals surface area contributed by atoms with Gasteiger partial charge in [0.15, 0.2) is 11.5 Å². The Hall–Kier alpha value is -2.36. The summed E-state index contributed by atoms with van der Waals surface area (Å²) >= 11 is 0. The number of methoxy groups -OCH3 is 3. The zero-order chi connectivity index (χ0) is 15.4. The van der Waals surface area contributed by atoms with Crippen molar-refractivity contribution in [3.63, 3.8) is 0 Å². The van der Waals surface area contributed by atoms with Crippen LogP contribution in [0.5, 0.6) is 17.2 Å². The number of hydrogen-bond acceptors (Lipinski definition) is 4. The molecular formula is C17H21NO3. The lowest BCUT2D eigenvalue weighted by atomic mass is 10.1. The molecule has 2 aromatic rings. The van der Waals surface area contributed by atoms with Gasteiger partial charge in [-0.25, -0.2) is 0 Å². The Morgan fingerprint density at radius 2 is 1.33 bits per heavy atom. The van der Waals surface area contributed by atoms with Gasteiger partial charge in [-0.05, 0) is 37.1 Å². The van der Waals surface area contributed by atoms with Crippen molar-refractivity contribution >= 4 is 11.4 Å². The number of nitrogens with one attached hydrogen (secondary N) is 1. The third-order valence-corrected chi connectivity index (χ3v) is 3.46. The van der Waals surface area contributed by atoms with E-state index in [1.807, 2.05) is 18.2 Å². The van der Waals surface area contributed by atoms with E-state index in [1.165, 1.54) is 11.1 Å². The normalized spacial score (nSPS) is 10.1. The average molecular weight is 287 g/mol. The van der Waals surface area contributed by atoms with Crippen LogP contribution >= 0.6 is 0 Å². The highest BCUT2D eigenvalue weighted by atomic mass is 16.5. The fraction of sp³-hybridized carbons (Fsp3) is 0.294. The fourth-order valence-electron chi connectivity index (χ4n) is 2.14. The van der Waals surface area contributed by atoms with E-state index in [1.54, 1.807) is 21.3 Å². The minimum atomic E-state index is 0.589. The van der Waals surface area contributed by atoms with Crippen LogP contribution < -0.4 is 19.5 Å². The van der Waals surface area contributed by atoms with Crippen LogP contribution in [0.4, 0.5) is 11.4 Å². The van der Waals surface area contributed by atoms with Crippen LogP contribution in [0, 0.1) is 13.8 Å². The zero-order valence-corrected chi connectivity index (χ0v) is 13.1. The molecule has 0 saturated heterocycles. The van der Waals surface area contributed by atoms with E-state index in [-0.39, 0.29) is 0 Å². The Balaban J connectivity index is 2.37. The molecule has 4 heteroatoms. The largest absolute Gasteiger partial charge is 0.493 e. The molecule has 0 spiro atoms. The zero-order valence-electron chi connectivity index (χ0n) is 13.1. The van der Waals surface area contributed by atoms with Crippen molar-refractivity contribution in [3.05, 3.63) is 41.5 Å². The van der Waals surface area contributed by atoms with Gasteiger partial charge < -0.3 is 19.5 Å². The molecule has 0 bridgehead atoms. The third-order valence-electron chi connectivity index (χ3n) is 3.46. The van der Waals surface area contributed by atoms with E-state index in [2.05, 4.69) is 31.3 Å². The first-order chi connectivity index (χ1) is 10.1. The number of hydrogen-bond donors (Lipinski definition) is 1. The minimum Gasteiger partial charge on any atom is -0.493 e. The molecule has 0 radical (unpaired) electrons. The van der Waals surface area contributed by atoms with Gasteiger partial charge in [-0.3, -0.25) is 0 Å². The van der Waals surface area contributed by atoms with Gasteiger partial charge in [0, 0.05) is 23.5 Å². The summed E-state index contributed by atoms with van der Waals surface area (Å²) in [5.41, 5.74) is 4.41. The van der Waals surface area contributed by atoms with Gasteiger partial charge in [-0.15, -0.1) is 0 Å². The van der Waals surface area contributed by atoms with Crippen molar-refractivity contribution in [1.29, 1.82) is 0 Å². The van der Waals surface area contributed by atoms with Crippen molar-refractivity contribution in [1.82, 2.24) is 0 Å². The van der Waals surface area contributed by atoms with Crippen LogP contribution in [-0.4, -0.2) is 21.3 Å². The Bertz CT molecular complexity index is 613. The summed E-state index contributed by atoms with van der Waals surface area (Å²) in [5, 5.41) is 3.36. The molecule has 0 atom stereocenters. The smallest absolute Gasteiger partial charge is 0.203 e. The minimum absolute atomic E-state index is 0.589. The molecular weight excluding hydrogens is 266 g/mol. The van der Waals surface area contributed by atoms with E-state index in [0.717, 1.165) is 11.4 Å². The van der Waals surface area contributed by atoms with Crippen LogP contribution in [0.2, 0.25) is 0 Å². The summed E-state index contributed by atoms with van der Waals surface area (Å²) in [6.07, 6.45) is 0. The average Bonchev–Trinajstić information content (AvgIpc) is 2.49. The van der Waals surface area contributed by atoms with Gasteiger partial charge in [0.25, 0.3) is 0 Å².